The molecule has 2 rings (SSSR count). The van der Waals surface area contributed by atoms with Crippen molar-refractivity contribution in [2.45, 2.75) is 12.7 Å². The topological polar surface area (TPSA) is 67.2 Å². The number of nitrogens with one attached hydrogen (secondary N) is 1. The molecule has 1 aromatic carbocycles. The number of benzene rings is 1. The van der Waals surface area contributed by atoms with Gasteiger partial charge in [0.05, 0.1) is 0 Å². The highest BCUT2D eigenvalue weighted by molar-refractivity contribution is 5.94. The molecule has 2 amide bonds. The van der Waals surface area contributed by atoms with Crippen LogP contribution < -0.4 is 5.32 Å². The SMILES string of the molecule is CN(Cc1ccc(C(=O)NCC(F)(F)F)cc1)C(=O)n1ccnc1. The van der Waals surface area contributed by atoms with Gasteiger partial charge >= 0.3 is 12.2 Å². The molecule has 1 heterocycles. The number of carbonyl (C=O) groups is 2. The van der Waals surface area contributed by atoms with Gasteiger partial charge in [-0.2, -0.15) is 13.2 Å². The lowest BCUT2D eigenvalue weighted by Gasteiger charge is -2.17. The summed E-state index contributed by atoms with van der Waals surface area (Å²) in [5, 5.41) is 1.80. The first-order valence-electron chi connectivity index (χ1n) is 6.93. The summed E-state index contributed by atoms with van der Waals surface area (Å²) in [5.41, 5.74) is 0.852. The summed E-state index contributed by atoms with van der Waals surface area (Å²) < 4.78 is 37.5. The third kappa shape index (κ3) is 4.83. The standard InChI is InChI=1S/C15H15F3N4O2/c1-21(14(24)22-7-6-19-10-22)8-11-2-4-12(5-3-11)13(23)20-9-15(16,17)18/h2-7,10H,8-9H2,1H3,(H,20,23). The smallest absolute Gasteiger partial charge is 0.343 e. The molecule has 1 N–H and O–H groups in total. The number of rotatable bonds is 4. The summed E-state index contributed by atoms with van der Waals surface area (Å²) in [5.74, 6) is -0.804. The molecule has 1 aromatic heterocycles. The third-order valence-corrected chi connectivity index (χ3v) is 3.14. The Morgan fingerprint density at radius 1 is 1.25 bits per heavy atom. The summed E-state index contributed by atoms with van der Waals surface area (Å²) in [6.45, 7) is -1.10. The van der Waals surface area contributed by atoms with Crippen LogP contribution in [0.3, 0.4) is 0 Å². The molecule has 0 aliphatic heterocycles. The van der Waals surface area contributed by atoms with Crippen molar-refractivity contribution in [3.63, 3.8) is 0 Å². The monoisotopic (exact) mass is 340 g/mol. The normalized spacial score (nSPS) is 11.2. The number of carbonyl (C=O) groups excluding carboxylic acids is 2. The second kappa shape index (κ2) is 7.16. The molecule has 0 aliphatic carbocycles. The molecule has 0 saturated heterocycles. The predicted octanol–water partition coefficient (Wildman–Crippen LogP) is 2.28. The molecular formula is C15H15F3N4O2. The highest BCUT2D eigenvalue weighted by atomic mass is 19.4. The van der Waals surface area contributed by atoms with E-state index in [1.807, 2.05) is 0 Å². The number of imidazole rings is 1. The second-order valence-corrected chi connectivity index (χ2v) is 5.10. The minimum absolute atomic E-state index is 0.117. The van der Waals surface area contributed by atoms with Gasteiger partial charge in [0.25, 0.3) is 5.91 Å². The van der Waals surface area contributed by atoms with Gasteiger partial charge in [-0.05, 0) is 17.7 Å². The van der Waals surface area contributed by atoms with E-state index < -0.39 is 18.6 Å². The largest absolute Gasteiger partial charge is 0.405 e. The third-order valence-electron chi connectivity index (χ3n) is 3.14. The molecular weight excluding hydrogens is 325 g/mol. The van der Waals surface area contributed by atoms with Crippen molar-refractivity contribution in [3.05, 3.63) is 54.1 Å². The molecule has 2 aromatic rings. The maximum atomic E-state index is 12.1. The molecule has 0 radical (unpaired) electrons. The zero-order chi connectivity index (χ0) is 17.7. The molecule has 0 aliphatic rings. The lowest BCUT2D eigenvalue weighted by Crippen LogP contribution is -2.33. The van der Waals surface area contributed by atoms with Crippen LogP contribution in [0, 0.1) is 0 Å². The van der Waals surface area contributed by atoms with Crippen molar-refractivity contribution in [1.82, 2.24) is 19.8 Å². The quantitative estimate of drug-likeness (QED) is 0.928. The van der Waals surface area contributed by atoms with E-state index in [2.05, 4.69) is 4.98 Å². The van der Waals surface area contributed by atoms with Crippen molar-refractivity contribution >= 4 is 11.9 Å². The van der Waals surface area contributed by atoms with Gasteiger partial charge in [0, 0.05) is 31.5 Å². The molecule has 128 valence electrons. The number of hydrogen-bond donors (Lipinski definition) is 1. The Labute approximate surface area is 135 Å². The van der Waals surface area contributed by atoms with Gasteiger partial charge in [0.2, 0.25) is 0 Å². The fourth-order valence-electron chi connectivity index (χ4n) is 1.95. The van der Waals surface area contributed by atoms with Crippen LogP contribution in [0.5, 0.6) is 0 Å². The first-order chi connectivity index (χ1) is 11.3. The lowest BCUT2D eigenvalue weighted by atomic mass is 10.1. The van der Waals surface area contributed by atoms with Gasteiger partial charge in [-0.15, -0.1) is 0 Å². The zero-order valence-electron chi connectivity index (χ0n) is 12.7. The predicted molar refractivity (Wildman–Crippen MR) is 79.3 cm³/mol. The van der Waals surface area contributed by atoms with Crippen molar-refractivity contribution in [2.75, 3.05) is 13.6 Å². The highest BCUT2D eigenvalue weighted by Gasteiger charge is 2.27. The van der Waals surface area contributed by atoms with Gasteiger partial charge in [-0.3, -0.25) is 9.36 Å². The van der Waals surface area contributed by atoms with Crippen LogP contribution in [0.2, 0.25) is 0 Å². The number of nitrogens with zero attached hydrogens (tertiary/aromatic N) is 3. The van der Waals surface area contributed by atoms with E-state index in [9.17, 15) is 22.8 Å². The number of aromatic nitrogens is 2. The highest BCUT2D eigenvalue weighted by Crippen LogP contribution is 2.13. The fraction of sp³-hybridized carbons (Fsp3) is 0.267. The minimum atomic E-state index is -4.45. The maximum Gasteiger partial charge on any atom is 0.405 e. The van der Waals surface area contributed by atoms with Gasteiger partial charge < -0.3 is 10.2 Å². The molecule has 0 atom stereocenters. The van der Waals surface area contributed by atoms with Crippen molar-refractivity contribution < 1.29 is 22.8 Å². The Bertz CT molecular complexity index is 697. The maximum absolute atomic E-state index is 12.1. The van der Waals surface area contributed by atoms with Crippen LogP contribution in [0.25, 0.3) is 0 Å². The van der Waals surface area contributed by atoms with Crippen LogP contribution in [0.4, 0.5) is 18.0 Å². The fourth-order valence-corrected chi connectivity index (χ4v) is 1.95. The number of amides is 2. The molecule has 0 spiro atoms. The Kier molecular flexibility index (Phi) is 5.22. The van der Waals surface area contributed by atoms with Crippen LogP contribution in [-0.4, -0.2) is 46.2 Å². The molecule has 0 bridgehead atoms. The van der Waals surface area contributed by atoms with Crippen LogP contribution in [-0.2, 0) is 6.54 Å². The van der Waals surface area contributed by atoms with Gasteiger partial charge in [0.15, 0.2) is 0 Å². The Morgan fingerprint density at radius 3 is 2.46 bits per heavy atom. The van der Waals surface area contributed by atoms with Crippen molar-refractivity contribution in [2.24, 2.45) is 0 Å². The Balaban J connectivity index is 1.94. The van der Waals surface area contributed by atoms with E-state index in [-0.39, 0.29) is 18.1 Å². The van der Waals surface area contributed by atoms with Gasteiger partial charge in [-0.25, -0.2) is 9.78 Å². The summed E-state index contributed by atoms with van der Waals surface area (Å²) >= 11 is 0. The molecule has 9 heteroatoms. The average molecular weight is 340 g/mol. The lowest BCUT2D eigenvalue weighted by molar-refractivity contribution is -0.123. The Hall–Kier alpha value is -2.84. The van der Waals surface area contributed by atoms with Crippen molar-refractivity contribution in [1.29, 1.82) is 0 Å². The molecule has 0 saturated carbocycles. The number of alkyl halides is 3. The van der Waals surface area contributed by atoms with E-state index >= 15 is 0 Å². The van der Waals surface area contributed by atoms with E-state index in [1.165, 1.54) is 40.3 Å². The number of hydrogen-bond acceptors (Lipinski definition) is 3. The first-order valence-corrected chi connectivity index (χ1v) is 6.93. The minimum Gasteiger partial charge on any atom is -0.343 e. The first kappa shape index (κ1) is 17.5. The van der Waals surface area contributed by atoms with Gasteiger partial charge in [0.1, 0.15) is 12.9 Å². The van der Waals surface area contributed by atoms with Crippen LogP contribution in [0.1, 0.15) is 15.9 Å². The number of halogens is 3. The Morgan fingerprint density at radius 2 is 1.92 bits per heavy atom. The molecule has 0 unspecified atom stereocenters. The molecule has 6 nitrogen and oxygen atoms in total. The van der Waals surface area contributed by atoms with E-state index in [0.29, 0.717) is 0 Å². The van der Waals surface area contributed by atoms with Crippen LogP contribution in [0.15, 0.2) is 43.0 Å². The molecule has 24 heavy (non-hydrogen) atoms. The van der Waals surface area contributed by atoms with E-state index in [1.54, 1.807) is 24.5 Å². The summed E-state index contributed by atoms with van der Waals surface area (Å²) in [6, 6.07) is 5.72. The molecule has 0 fully saturated rings. The summed E-state index contributed by atoms with van der Waals surface area (Å²) in [4.78, 5) is 28.9. The second-order valence-electron chi connectivity index (χ2n) is 5.10. The van der Waals surface area contributed by atoms with E-state index in [0.717, 1.165) is 5.56 Å². The van der Waals surface area contributed by atoms with E-state index in [4.69, 9.17) is 0 Å². The van der Waals surface area contributed by atoms with Crippen molar-refractivity contribution in [3.8, 4) is 0 Å². The average Bonchev–Trinajstić information content (AvgIpc) is 3.06. The van der Waals surface area contributed by atoms with Gasteiger partial charge in [-0.1, -0.05) is 12.1 Å². The summed E-state index contributed by atoms with van der Waals surface area (Å²) in [6.07, 6.45) is -0.0636. The van der Waals surface area contributed by atoms with Crippen LogP contribution >= 0.6 is 0 Å². The zero-order valence-corrected chi connectivity index (χ0v) is 12.7. The summed E-state index contributed by atoms with van der Waals surface area (Å²) in [7, 11) is 1.60.